The fourth-order valence-corrected chi connectivity index (χ4v) is 9.68. The highest BCUT2D eigenvalue weighted by molar-refractivity contribution is 5.71. The average molecular weight is 962 g/mol. The van der Waals surface area contributed by atoms with Crippen LogP contribution in [-0.4, -0.2) is 37.2 Å². The molecule has 1 unspecified atom stereocenters. The highest BCUT2D eigenvalue weighted by Gasteiger charge is 2.19. The number of hydrogen-bond donors (Lipinski definition) is 0. The van der Waals surface area contributed by atoms with E-state index in [1.807, 2.05) is 0 Å². The summed E-state index contributed by atoms with van der Waals surface area (Å²) in [6.07, 6.45) is 66.0. The fraction of sp³-hybridized carbons (Fsp3) is 0.952. The van der Waals surface area contributed by atoms with Gasteiger partial charge in [-0.25, -0.2) is 0 Å². The van der Waals surface area contributed by atoms with E-state index in [0.717, 1.165) is 57.8 Å². The number of hydrogen-bond acceptors (Lipinski definition) is 6. The second-order valence-electron chi connectivity index (χ2n) is 21.3. The van der Waals surface area contributed by atoms with Crippen LogP contribution in [0, 0.1) is 0 Å². The van der Waals surface area contributed by atoms with Crippen LogP contribution in [0.2, 0.25) is 0 Å². The third-order valence-corrected chi connectivity index (χ3v) is 14.4. The second-order valence-corrected chi connectivity index (χ2v) is 21.3. The molecule has 404 valence electrons. The predicted octanol–water partition coefficient (Wildman–Crippen LogP) is 20.7. The molecule has 6 heteroatoms. The van der Waals surface area contributed by atoms with Crippen LogP contribution in [0.15, 0.2) is 0 Å². The molecule has 6 nitrogen and oxygen atoms in total. The van der Waals surface area contributed by atoms with Crippen molar-refractivity contribution in [3.8, 4) is 0 Å². The molecular weight excluding hydrogens is 841 g/mol. The van der Waals surface area contributed by atoms with E-state index in [1.54, 1.807) is 0 Å². The molecule has 0 saturated heterocycles. The van der Waals surface area contributed by atoms with E-state index in [9.17, 15) is 14.4 Å². The van der Waals surface area contributed by atoms with E-state index < -0.39 is 6.10 Å². The molecule has 0 aliphatic rings. The number of esters is 3. The number of rotatable bonds is 58. The molecule has 0 fully saturated rings. The molecule has 0 aromatic rings. The van der Waals surface area contributed by atoms with Gasteiger partial charge in [-0.3, -0.25) is 14.4 Å². The van der Waals surface area contributed by atoms with E-state index in [1.165, 1.54) is 263 Å². The van der Waals surface area contributed by atoms with E-state index in [4.69, 9.17) is 14.2 Å². The first-order valence-electron chi connectivity index (χ1n) is 31.0. The molecule has 0 N–H and O–H groups in total. The first-order chi connectivity index (χ1) is 33.5. The lowest BCUT2D eigenvalue weighted by Gasteiger charge is -2.18. The number of carbonyl (C=O) groups excluding carboxylic acids is 3. The van der Waals surface area contributed by atoms with Crippen LogP contribution in [0.5, 0.6) is 0 Å². The van der Waals surface area contributed by atoms with Crippen LogP contribution in [0.3, 0.4) is 0 Å². The molecule has 0 aliphatic heterocycles. The van der Waals surface area contributed by atoms with Crippen LogP contribution >= 0.6 is 0 Å². The first kappa shape index (κ1) is 66.4. The van der Waals surface area contributed by atoms with Crippen molar-refractivity contribution in [1.29, 1.82) is 0 Å². The second kappa shape index (κ2) is 58.0. The van der Waals surface area contributed by atoms with E-state index in [2.05, 4.69) is 20.8 Å². The Morgan fingerprint density at radius 2 is 0.397 bits per heavy atom. The molecule has 0 aromatic heterocycles. The van der Waals surface area contributed by atoms with Crippen molar-refractivity contribution < 1.29 is 28.6 Å². The summed E-state index contributed by atoms with van der Waals surface area (Å²) in [5.74, 6) is -0.849. The van der Waals surface area contributed by atoms with Crippen molar-refractivity contribution in [3.63, 3.8) is 0 Å². The van der Waals surface area contributed by atoms with Gasteiger partial charge in [0.1, 0.15) is 13.2 Å². The van der Waals surface area contributed by atoms with Crippen molar-refractivity contribution in [3.05, 3.63) is 0 Å². The Labute approximate surface area is 425 Å². The topological polar surface area (TPSA) is 78.9 Å². The number of carbonyl (C=O) groups is 3. The predicted molar refractivity (Wildman–Crippen MR) is 294 cm³/mol. The quantitative estimate of drug-likeness (QED) is 0.0343. The summed E-state index contributed by atoms with van der Waals surface area (Å²) >= 11 is 0. The zero-order valence-corrected chi connectivity index (χ0v) is 46.4. The smallest absolute Gasteiger partial charge is 0.306 e. The molecule has 0 amide bonds. The number of ether oxygens (including phenoxy) is 3. The van der Waals surface area contributed by atoms with Crippen molar-refractivity contribution in [2.24, 2.45) is 0 Å². The Hall–Kier alpha value is -1.59. The van der Waals surface area contributed by atoms with Gasteiger partial charge in [0.15, 0.2) is 6.10 Å². The lowest BCUT2D eigenvalue weighted by atomic mass is 10.0. The monoisotopic (exact) mass is 961 g/mol. The number of unbranched alkanes of at least 4 members (excludes halogenated alkanes) is 47. The molecule has 0 spiro atoms. The molecule has 0 rings (SSSR count). The average Bonchev–Trinajstić information content (AvgIpc) is 3.34. The van der Waals surface area contributed by atoms with Crippen molar-refractivity contribution >= 4 is 17.9 Å². The van der Waals surface area contributed by atoms with Gasteiger partial charge in [-0.05, 0) is 19.3 Å². The van der Waals surface area contributed by atoms with Gasteiger partial charge in [0.25, 0.3) is 0 Å². The molecule has 0 radical (unpaired) electrons. The molecule has 0 heterocycles. The summed E-state index contributed by atoms with van der Waals surface area (Å²) in [7, 11) is 0. The Bertz CT molecular complexity index is 1010. The Balaban J connectivity index is 3.84. The van der Waals surface area contributed by atoms with Gasteiger partial charge in [-0.1, -0.05) is 323 Å². The largest absolute Gasteiger partial charge is 0.462 e. The SMILES string of the molecule is CCCCCCCCCCCCCCCCCCCCCCCCCCCCCCCCCCC(=O)OCC(COC(=O)CCCCCCCC)OC(=O)CCCCCCCCCCCCCC. The standard InChI is InChI=1S/C62H120O6/c1-4-7-10-13-16-18-20-22-23-24-25-26-27-28-29-30-31-32-33-34-35-36-37-38-39-40-41-43-44-46-49-52-55-61(64)67-58-59(57-66-60(63)54-51-48-15-12-9-6-3)68-62(65)56-53-50-47-45-42-21-19-17-14-11-8-5-2/h59H,4-58H2,1-3H3. The van der Waals surface area contributed by atoms with Crippen molar-refractivity contribution in [1.82, 2.24) is 0 Å². The maximum atomic E-state index is 12.7. The van der Waals surface area contributed by atoms with Gasteiger partial charge >= 0.3 is 17.9 Å². The van der Waals surface area contributed by atoms with Gasteiger partial charge in [-0.2, -0.15) is 0 Å². The van der Waals surface area contributed by atoms with Crippen LogP contribution < -0.4 is 0 Å². The van der Waals surface area contributed by atoms with Gasteiger partial charge in [0.05, 0.1) is 0 Å². The molecular formula is C62H120O6. The highest BCUT2D eigenvalue weighted by atomic mass is 16.6. The summed E-state index contributed by atoms with van der Waals surface area (Å²) < 4.78 is 16.8. The molecule has 0 aliphatic carbocycles. The zero-order valence-electron chi connectivity index (χ0n) is 46.4. The maximum Gasteiger partial charge on any atom is 0.306 e. The summed E-state index contributed by atoms with van der Waals surface area (Å²) in [6, 6.07) is 0. The Kier molecular flexibility index (Phi) is 56.6. The van der Waals surface area contributed by atoms with Crippen LogP contribution in [0.25, 0.3) is 0 Å². The lowest BCUT2D eigenvalue weighted by Crippen LogP contribution is -2.30. The molecule has 0 bridgehead atoms. The van der Waals surface area contributed by atoms with Gasteiger partial charge in [0, 0.05) is 19.3 Å². The van der Waals surface area contributed by atoms with E-state index >= 15 is 0 Å². The Morgan fingerprint density at radius 1 is 0.235 bits per heavy atom. The fourth-order valence-electron chi connectivity index (χ4n) is 9.68. The van der Waals surface area contributed by atoms with Gasteiger partial charge in [0.2, 0.25) is 0 Å². The van der Waals surface area contributed by atoms with E-state index in [-0.39, 0.29) is 31.1 Å². The Morgan fingerprint density at radius 3 is 0.588 bits per heavy atom. The summed E-state index contributed by atoms with van der Waals surface area (Å²) in [5, 5.41) is 0. The first-order valence-corrected chi connectivity index (χ1v) is 31.0. The minimum absolute atomic E-state index is 0.0626. The van der Waals surface area contributed by atoms with Gasteiger partial charge in [-0.15, -0.1) is 0 Å². The minimum atomic E-state index is -0.759. The van der Waals surface area contributed by atoms with E-state index in [0.29, 0.717) is 19.3 Å². The van der Waals surface area contributed by atoms with Crippen LogP contribution in [0.4, 0.5) is 0 Å². The van der Waals surface area contributed by atoms with Crippen molar-refractivity contribution in [2.75, 3.05) is 13.2 Å². The summed E-state index contributed by atoms with van der Waals surface area (Å²) in [5.41, 5.74) is 0. The van der Waals surface area contributed by atoms with Gasteiger partial charge < -0.3 is 14.2 Å². The highest BCUT2D eigenvalue weighted by Crippen LogP contribution is 2.18. The molecule has 0 aromatic carbocycles. The van der Waals surface area contributed by atoms with Crippen LogP contribution in [0.1, 0.15) is 361 Å². The zero-order chi connectivity index (χ0) is 49.3. The summed E-state index contributed by atoms with van der Waals surface area (Å²) in [4.78, 5) is 37.8. The normalized spacial score (nSPS) is 11.9. The molecule has 0 saturated carbocycles. The third-order valence-electron chi connectivity index (χ3n) is 14.4. The van der Waals surface area contributed by atoms with Crippen LogP contribution in [-0.2, 0) is 28.6 Å². The maximum absolute atomic E-state index is 12.7. The lowest BCUT2D eigenvalue weighted by molar-refractivity contribution is -0.167. The minimum Gasteiger partial charge on any atom is -0.462 e. The summed E-state index contributed by atoms with van der Waals surface area (Å²) in [6.45, 7) is 6.63. The molecule has 68 heavy (non-hydrogen) atoms. The van der Waals surface area contributed by atoms with Crippen molar-refractivity contribution in [2.45, 2.75) is 367 Å². The third kappa shape index (κ3) is 55.3. The molecule has 1 atom stereocenters.